The second-order valence-electron chi connectivity index (χ2n) is 5.53. The van der Waals surface area contributed by atoms with E-state index in [1.807, 2.05) is 31.2 Å². The second kappa shape index (κ2) is 6.51. The second-order valence-corrected chi connectivity index (χ2v) is 6.83. The SMILES string of the molecule is CCSc1ccccc1C1=Nc2cc(C(F)(F)F)ccc2C(C)N1. The zero-order valence-electron chi connectivity index (χ0n) is 13.3. The van der Waals surface area contributed by atoms with Crippen LogP contribution in [0.5, 0.6) is 0 Å². The Morgan fingerprint density at radius 1 is 1.17 bits per heavy atom. The lowest BCUT2D eigenvalue weighted by molar-refractivity contribution is -0.137. The first-order valence-corrected chi connectivity index (χ1v) is 8.67. The Labute approximate surface area is 143 Å². The quantitative estimate of drug-likeness (QED) is 0.733. The molecule has 0 aliphatic carbocycles. The van der Waals surface area contributed by atoms with Crippen molar-refractivity contribution < 1.29 is 13.2 Å². The van der Waals surface area contributed by atoms with Gasteiger partial charge < -0.3 is 5.32 Å². The molecule has 1 atom stereocenters. The van der Waals surface area contributed by atoms with Crippen LogP contribution in [0.15, 0.2) is 52.4 Å². The molecule has 0 bridgehead atoms. The first kappa shape index (κ1) is 16.9. The van der Waals surface area contributed by atoms with Crippen molar-refractivity contribution in [3.63, 3.8) is 0 Å². The summed E-state index contributed by atoms with van der Waals surface area (Å²) in [6.45, 7) is 3.99. The maximum Gasteiger partial charge on any atom is 0.416 e. The number of alkyl halides is 3. The Morgan fingerprint density at radius 2 is 1.92 bits per heavy atom. The molecule has 0 radical (unpaired) electrons. The Balaban J connectivity index is 2.08. The summed E-state index contributed by atoms with van der Waals surface area (Å²) < 4.78 is 38.9. The molecule has 1 aliphatic rings. The molecule has 0 fully saturated rings. The highest BCUT2D eigenvalue weighted by atomic mass is 32.2. The third kappa shape index (κ3) is 3.29. The Bertz CT molecular complexity index is 784. The number of nitrogens with one attached hydrogen (secondary N) is 1. The number of benzene rings is 2. The molecule has 0 saturated carbocycles. The third-order valence-electron chi connectivity index (χ3n) is 3.85. The van der Waals surface area contributed by atoms with Crippen LogP contribution >= 0.6 is 11.8 Å². The van der Waals surface area contributed by atoms with Crippen molar-refractivity contribution in [2.75, 3.05) is 5.75 Å². The largest absolute Gasteiger partial charge is 0.416 e. The zero-order valence-corrected chi connectivity index (χ0v) is 14.1. The number of rotatable bonds is 3. The van der Waals surface area contributed by atoms with Gasteiger partial charge in [-0.1, -0.05) is 31.2 Å². The normalized spacial score (nSPS) is 17.0. The van der Waals surface area contributed by atoms with Gasteiger partial charge in [0.25, 0.3) is 0 Å². The lowest BCUT2D eigenvalue weighted by Gasteiger charge is -2.26. The van der Waals surface area contributed by atoms with Gasteiger partial charge in [0.15, 0.2) is 0 Å². The van der Waals surface area contributed by atoms with E-state index in [4.69, 9.17) is 0 Å². The number of fused-ring (bicyclic) bond motifs is 1. The summed E-state index contributed by atoms with van der Waals surface area (Å²) in [5.74, 6) is 1.53. The van der Waals surface area contributed by atoms with Gasteiger partial charge in [-0.3, -0.25) is 0 Å². The Morgan fingerprint density at radius 3 is 2.62 bits per heavy atom. The number of amidine groups is 1. The summed E-state index contributed by atoms with van der Waals surface area (Å²) in [4.78, 5) is 5.54. The molecule has 3 rings (SSSR count). The molecule has 1 unspecified atom stereocenters. The average molecular weight is 350 g/mol. The van der Waals surface area contributed by atoms with Gasteiger partial charge in [0, 0.05) is 10.5 Å². The maximum atomic E-state index is 13.0. The summed E-state index contributed by atoms with van der Waals surface area (Å²) in [5.41, 5.74) is 1.39. The summed E-state index contributed by atoms with van der Waals surface area (Å²) in [7, 11) is 0. The molecular formula is C18H17F3N2S. The monoisotopic (exact) mass is 350 g/mol. The first-order chi connectivity index (χ1) is 11.4. The first-order valence-electron chi connectivity index (χ1n) is 7.68. The van der Waals surface area contributed by atoms with Gasteiger partial charge in [-0.05, 0) is 36.4 Å². The minimum absolute atomic E-state index is 0.102. The van der Waals surface area contributed by atoms with Crippen LogP contribution in [0.3, 0.4) is 0 Å². The molecular weight excluding hydrogens is 333 g/mol. The molecule has 0 spiro atoms. The fraction of sp³-hybridized carbons (Fsp3) is 0.278. The van der Waals surface area contributed by atoms with E-state index >= 15 is 0 Å². The predicted octanol–water partition coefficient (Wildman–Crippen LogP) is 5.56. The lowest BCUT2D eigenvalue weighted by Crippen LogP contribution is -2.31. The summed E-state index contributed by atoms with van der Waals surface area (Å²) >= 11 is 1.68. The van der Waals surface area contributed by atoms with Gasteiger partial charge in [-0.2, -0.15) is 13.2 Å². The maximum absolute atomic E-state index is 13.0. The number of thioether (sulfide) groups is 1. The van der Waals surface area contributed by atoms with Gasteiger partial charge in [0.1, 0.15) is 5.84 Å². The molecule has 2 aromatic carbocycles. The van der Waals surface area contributed by atoms with Gasteiger partial charge in [0.2, 0.25) is 0 Å². The highest BCUT2D eigenvalue weighted by Crippen LogP contribution is 2.37. The van der Waals surface area contributed by atoms with Crippen LogP contribution in [0.2, 0.25) is 0 Å². The fourth-order valence-corrected chi connectivity index (χ4v) is 3.51. The van der Waals surface area contributed by atoms with E-state index in [1.54, 1.807) is 11.8 Å². The number of nitrogens with zero attached hydrogens (tertiary/aromatic N) is 1. The van der Waals surface area contributed by atoms with Gasteiger partial charge >= 0.3 is 6.18 Å². The minimum atomic E-state index is -4.37. The number of hydrogen-bond acceptors (Lipinski definition) is 3. The Kier molecular flexibility index (Phi) is 4.58. The highest BCUT2D eigenvalue weighted by Gasteiger charge is 2.32. The molecule has 0 amide bonds. The Hall–Kier alpha value is -1.95. The molecule has 0 saturated heterocycles. The molecule has 24 heavy (non-hydrogen) atoms. The van der Waals surface area contributed by atoms with Crippen molar-refractivity contribution in [2.45, 2.75) is 31.0 Å². The van der Waals surface area contributed by atoms with E-state index in [0.29, 0.717) is 11.5 Å². The summed E-state index contributed by atoms with van der Waals surface area (Å²) in [6.07, 6.45) is -4.37. The standard InChI is InChI=1S/C18H17F3N2S/c1-3-24-16-7-5-4-6-14(16)17-22-11(2)13-9-8-12(18(19,20)21)10-15(13)23-17/h4-11H,3H2,1-2H3,(H,22,23). The number of hydrogen-bond donors (Lipinski definition) is 1. The van der Waals surface area contributed by atoms with Gasteiger partial charge in [0.05, 0.1) is 17.3 Å². The van der Waals surface area contributed by atoms with Crippen LogP contribution in [-0.2, 0) is 6.18 Å². The van der Waals surface area contributed by atoms with Crippen LogP contribution in [0, 0.1) is 0 Å². The average Bonchev–Trinajstić information content (AvgIpc) is 2.54. The smallest absolute Gasteiger partial charge is 0.363 e. The van der Waals surface area contributed by atoms with E-state index in [0.717, 1.165) is 33.9 Å². The van der Waals surface area contributed by atoms with E-state index in [-0.39, 0.29) is 6.04 Å². The third-order valence-corrected chi connectivity index (χ3v) is 4.81. The lowest BCUT2D eigenvalue weighted by atomic mass is 10.0. The zero-order chi connectivity index (χ0) is 17.3. The van der Waals surface area contributed by atoms with Crippen molar-refractivity contribution in [1.82, 2.24) is 5.32 Å². The van der Waals surface area contributed by atoms with E-state index in [2.05, 4.69) is 17.2 Å². The van der Waals surface area contributed by atoms with Crippen molar-refractivity contribution in [3.05, 3.63) is 59.2 Å². The van der Waals surface area contributed by atoms with Crippen LogP contribution in [0.25, 0.3) is 0 Å². The summed E-state index contributed by atoms with van der Waals surface area (Å²) in [5, 5.41) is 3.30. The van der Waals surface area contributed by atoms with Crippen molar-refractivity contribution in [2.24, 2.45) is 4.99 Å². The predicted molar refractivity (Wildman–Crippen MR) is 92.0 cm³/mol. The number of halogens is 3. The highest BCUT2D eigenvalue weighted by molar-refractivity contribution is 7.99. The van der Waals surface area contributed by atoms with Crippen molar-refractivity contribution in [3.8, 4) is 0 Å². The van der Waals surface area contributed by atoms with E-state index in [1.165, 1.54) is 6.07 Å². The van der Waals surface area contributed by atoms with Gasteiger partial charge in [-0.15, -0.1) is 11.8 Å². The minimum Gasteiger partial charge on any atom is -0.363 e. The van der Waals surface area contributed by atoms with E-state index < -0.39 is 11.7 Å². The van der Waals surface area contributed by atoms with Crippen molar-refractivity contribution in [1.29, 1.82) is 0 Å². The topological polar surface area (TPSA) is 24.4 Å². The van der Waals surface area contributed by atoms with Crippen molar-refractivity contribution >= 4 is 23.3 Å². The molecule has 6 heteroatoms. The molecule has 1 N–H and O–H groups in total. The van der Waals surface area contributed by atoms with E-state index in [9.17, 15) is 13.2 Å². The van der Waals surface area contributed by atoms with Crippen LogP contribution in [-0.4, -0.2) is 11.6 Å². The summed E-state index contributed by atoms with van der Waals surface area (Å²) in [6, 6.07) is 11.4. The molecule has 126 valence electrons. The number of aliphatic imine (C=N–C) groups is 1. The molecule has 1 heterocycles. The molecule has 1 aliphatic heterocycles. The van der Waals surface area contributed by atoms with Crippen LogP contribution < -0.4 is 5.32 Å². The van der Waals surface area contributed by atoms with Gasteiger partial charge in [-0.25, -0.2) is 4.99 Å². The van der Waals surface area contributed by atoms with Crippen LogP contribution in [0.4, 0.5) is 18.9 Å². The molecule has 2 nitrogen and oxygen atoms in total. The molecule has 0 aromatic heterocycles. The van der Waals surface area contributed by atoms with Crippen LogP contribution in [0.1, 0.15) is 36.6 Å². The fourth-order valence-electron chi connectivity index (χ4n) is 2.70. The molecule has 2 aromatic rings.